The van der Waals surface area contributed by atoms with Crippen LogP contribution in [0.5, 0.6) is 0 Å². The van der Waals surface area contributed by atoms with Crippen LogP contribution < -0.4 is 21.7 Å². The highest BCUT2D eigenvalue weighted by atomic mass is 16.4. The smallest absolute Gasteiger partial charge is 0.326 e. The lowest BCUT2D eigenvalue weighted by molar-refractivity contribution is -0.147. The molecule has 0 spiro atoms. The Hall–Kier alpha value is -5.70. The summed E-state index contributed by atoms with van der Waals surface area (Å²) >= 11 is 0. The minimum absolute atomic E-state index is 0.0838. The third-order valence-corrected chi connectivity index (χ3v) is 7.19. The van der Waals surface area contributed by atoms with Crippen LogP contribution in [0.25, 0.3) is 21.8 Å². The average molecular weight is 621 g/mol. The molecule has 4 unspecified atom stereocenters. The van der Waals surface area contributed by atoms with Gasteiger partial charge in [0.15, 0.2) is 0 Å². The number of carbonyl (C=O) groups excluding carboxylic acids is 3. The lowest BCUT2D eigenvalue weighted by Gasteiger charge is -2.25. The molecule has 0 aliphatic heterocycles. The molecule has 0 saturated carbocycles. The predicted octanol–water partition coefficient (Wildman–Crippen LogP) is 0.250. The zero-order valence-corrected chi connectivity index (χ0v) is 23.8. The maximum absolute atomic E-state index is 13.8. The Kier molecular flexibility index (Phi) is 10.2. The number of aromatic nitrogens is 2. The number of hydrogen-bond acceptors (Lipinski definition) is 7. The maximum Gasteiger partial charge on any atom is 0.326 e. The first kappa shape index (κ1) is 32.2. The van der Waals surface area contributed by atoms with Gasteiger partial charge in [-0.1, -0.05) is 36.4 Å². The van der Waals surface area contributed by atoms with Crippen LogP contribution in [-0.2, 0) is 41.6 Å². The van der Waals surface area contributed by atoms with E-state index in [1.54, 1.807) is 48.8 Å². The van der Waals surface area contributed by atoms with Crippen molar-refractivity contribution in [3.05, 3.63) is 72.1 Å². The van der Waals surface area contributed by atoms with Crippen molar-refractivity contribution >= 4 is 57.4 Å². The van der Waals surface area contributed by atoms with Gasteiger partial charge in [0.05, 0.1) is 18.9 Å². The second-order valence-corrected chi connectivity index (χ2v) is 10.5. The fraction of sp³-hybridized carbons (Fsp3) is 0.267. The number of hydrogen-bond donors (Lipinski definition) is 9. The van der Waals surface area contributed by atoms with Crippen LogP contribution in [0.4, 0.5) is 0 Å². The van der Waals surface area contributed by atoms with Crippen molar-refractivity contribution in [1.82, 2.24) is 25.9 Å². The molecule has 0 aliphatic rings. The summed E-state index contributed by atoms with van der Waals surface area (Å²) in [5.41, 5.74) is 8.47. The number of carboxylic acids is 3. The molecular weight excluding hydrogens is 588 g/mol. The van der Waals surface area contributed by atoms with Gasteiger partial charge in [-0.3, -0.25) is 24.0 Å². The first-order valence-corrected chi connectivity index (χ1v) is 13.9. The minimum Gasteiger partial charge on any atom is -0.481 e. The van der Waals surface area contributed by atoms with Gasteiger partial charge in [0.25, 0.3) is 0 Å². The van der Waals surface area contributed by atoms with Crippen molar-refractivity contribution in [2.45, 2.75) is 49.9 Å². The Morgan fingerprint density at radius 1 is 0.622 bits per heavy atom. The summed E-state index contributed by atoms with van der Waals surface area (Å²) in [7, 11) is 0. The summed E-state index contributed by atoms with van der Waals surface area (Å²) in [5, 5.41) is 36.4. The average Bonchev–Trinajstić information content (AvgIpc) is 3.59. The van der Waals surface area contributed by atoms with Gasteiger partial charge < -0.3 is 47.0 Å². The van der Waals surface area contributed by atoms with E-state index in [0.29, 0.717) is 11.1 Å². The SMILES string of the molecule is NC(CC(=O)O)C(=O)NC(Cc1c[nH]c2ccccc12)C(=O)NC(Cc1c[nH]c2ccccc12)C(=O)NC(CC(=O)O)C(=O)O. The third-order valence-electron chi connectivity index (χ3n) is 7.19. The Morgan fingerprint density at radius 3 is 1.49 bits per heavy atom. The van der Waals surface area contributed by atoms with Gasteiger partial charge in [0.1, 0.15) is 18.1 Å². The van der Waals surface area contributed by atoms with Gasteiger partial charge >= 0.3 is 17.9 Å². The van der Waals surface area contributed by atoms with E-state index in [1.165, 1.54) is 0 Å². The van der Waals surface area contributed by atoms with Crippen LogP contribution in [0.1, 0.15) is 24.0 Å². The molecule has 4 rings (SSSR count). The number of aromatic amines is 2. The standard InChI is InChI=1S/C30H32N6O9/c31-19(11-25(37)38)27(41)34-22(9-15-13-32-20-7-3-1-5-17(15)20)28(42)35-23(29(43)36-24(30(44)45)12-26(39)40)10-16-14-33-21-8-4-2-6-18(16)21/h1-8,13-14,19,22-24,32-33H,9-12,31H2,(H,34,41)(H,35,42)(H,36,43)(H,37,38)(H,39,40)(H,44,45). The summed E-state index contributed by atoms with van der Waals surface area (Å²) in [6.45, 7) is 0. The van der Waals surface area contributed by atoms with Gasteiger partial charge in [-0.2, -0.15) is 0 Å². The number of carboxylic acid groups (broad SMARTS) is 3. The fourth-order valence-corrected chi connectivity index (χ4v) is 4.94. The molecule has 0 aliphatic carbocycles. The molecule has 236 valence electrons. The number of amides is 3. The molecular formula is C30H32N6O9. The van der Waals surface area contributed by atoms with Crippen LogP contribution >= 0.6 is 0 Å². The highest BCUT2D eigenvalue weighted by molar-refractivity contribution is 5.96. The highest BCUT2D eigenvalue weighted by Crippen LogP contribution is 2.21. The van der Waals surface area contributed by atoms with Crippen LogP contribution in [0.3, 0.4) is 0 Å². The molecule has 15 heteroatoms. The normalized spacial score (nSPS) is 13.8. The lowest BCUT2D eigenvalue weighted by Crippen LogP contribution is -2.58. The molecule has 4 aromatic rings. The van der Waals surface area contributed by atoms with Gasteiger partial charge in [-0.25, -0.2) is 4.79 Å². The molecule has 0 saturated heterocycles. The summed E-state index contributed by atoms with van der Waals surface area (Å²) in [5.74, 6) is -7.09. The molecule has 0 fully saturated rings. The van der Waals surface area contributed by atoms with E-state index in [4.69, 9.17) is 15.9 Å². The lowest BCUT2D eigenvalue weighted by atomic mass is 10.0. The molecule has 45 heavy (non-hydrogen) atoms. The maximum atomic E-state index is 13.8. The summed E-state index contributed by atoms with van der Waals surface area (Å²) in [6, 6.07) is 8.34. The van der Waals surface area contributed by atoms with Crippen molar-refractivity contribution in [2.75, 3.05) is 0 Å². The van der Waals surface area contributed by atoms with Crippen LogP contribution in [0.15, 0.2) is 60.9 Å². The zero-order valence-electron chi connectivity index (χ0n) is 23.8. The van der Waals surface area contributed by atoms with Gasteiger partial charge in [0, 0.05) is 47.0 Å². The Morgan fingerprint density at radius 2 is 1.04 bits per heavy atom. The van der Waals surface area contributed by atoms with E-state index in [2.05, 4.69) is 25.9 Å². The fourth-order valence-electron chi connectivity index (χ4n) is 4.94. The number of fused-ring (bicyclic) bond motifs is 2. The first-order chi connectivity index (χ1) is 21.4. The van der Waals surface area contributed by atoms with Gasteiger partial charge in [-0.05, 0) is 23.3 Å². The van der Waals surface area contributed by atoms with Crippen LogP contribution in [-0.4, -0.2) is 85.1 Å². The minimum atomic E-state index is -1.78. The number of para-hydroxylation sites is 2. The molecule has 2 aromatic carbocycles. The van der Waals surface area contributed by atoms with E-state index >= 15 is 0 Å². The van der Waals surface area contributed by atoms with Crippen molar-refractivity contribution < 1.29 is 44.1 Å². The van der Waals surface area contributed by atoms with Crippen molar-refractivity contribution in [1.29, 1.82) is 0 Å². The van der Waals surface area contributed by atoms with Crippen LogP contribution in [0, 0.1) is 0 Å². The molecule has 10 N–H and O–H groups in total. The molecule has 2 aromatic heterocycles. The number of carbonyl (C=O) groups is 6. The van der Waals surface area contributed by atoms with E-state index in [9.17, 15) is 33.9 Å². The topological polar surface area (TPSA) is 257 Å². The van der Waals surface area contributed by atoms with Crippen molar-refractivity contribution in [2.24, 2.45) is 5.73 Å². The number of aliphatic carboxylic acids is 3. The summed E-state index contributed by atoms with van der Waals surface area (Å²) in [4.78, 5) is 80.2. The van der Waals surface area contributed by atoms with E-state index < -0.39 is 72.6 Å². The summed E-state index contributed by atoms with van der Waals surface area (Å²) < 4.78 is 0. The van der Waals surface area contributed by atoms with Gasteiger partial charge in [0.2, 0.25) is 17.7 Å². The predicted molar refractivity (Wildman–Crippen MR) is 160 cm³/mol. The second kappa shape index (κ2) is 14.2. The number of nitrogens with one attached hydrogen (secondary N) is 5. The van der Waals surface area contributed by atoms with E-state index in [-0.39, 0.29) is 12.8 Å². The number of rotatable bonds is 15. The number of H-pyrrole nitrogens is 2. The molecule has 15 nitrogen and oxygen atoms in total. The first-order valence-electron chi connectivity index (χ1n) is 13.9. The zero-order chi connectivity index (χ0) is 32.7. The number of nitrogens with two attached hydrogens (primary N) is 1. The van der Waals surface area contributed by atoms with Crippen LogP contribution in [0.2, 0.25) is 0 Å². The summed E-state index contributed by atoms with van der Waals surface area (Å²) in [6.07, 6.45) is 1.45. The van der Waals surface area contributed by atoms with Gasteiger partial charge in [-0.15, -0.1) is 0 Å². The largest absolute Gasteiger partial charge is 0.481 e. The highest BCUT2D eigenvalue weighted by Gasteiger charge is 2.32. The molecule has 0 bridgehead atoms. The molecule has 3 amide bonds. The third kappa shape index (κ3) is 8.23. The Labute approximate surface area is 255 Å². The molecule has 0 radical (unpaired) electrons. The molecule has 2 heterocycles. The molecule has 4 atom stereocenters. The van der Waals surface area contributed by atoms with Crippen molar-refractivity contribution in [3.63, 3.8) is 0 Å². The van der Waals surface area contributed by atoms with E-state index in [0.717, 1.165) is 21.8 Å². The monoisotopic (exact) mass is 620 g/mol. The van der Waals surface area contributed by atoms with E-state index in [1.807, 2.05) is 12.1 Å². The Bertz CT molecular complexity index is 1750. The van der Waals surface area contributed by atoms with Crippen molar-refractivity contribution in [3.8, 4) is 0 Å². The quantitative estimate of drug-likeness (QED) is 0.0875. The number of benzene rings is 2. The Balaban J connectivity index is 1.65. The second-order valence-electron chi connectivity index (χ2n) is 10.5.